The van der Waals surface area contributed by atoms with Gasteiger partial charge in [-0.25, -0.2) is 9.97 Å². The van der Waals surface area contributed by atoms with E-state index in [0.717, 1.165) is 17.8 Å². The molecule has 0 N–H and O–H groups in total. The van der Waals surface area contributed by atoms with E-state index in [2.05, 4.69) is 23.1 Å². The molecule has 3 heteroatoms. The molecule has 0 amide bonds. The summed E-state index contributed by atoms with van der Waals surface area (Å²) in [4.78, 5) is 8.23. The summed E-state index contributed by atoms with van der Waals surface area (Å²) in [6.45, 7) is 2.07. The molecule has 0 aliphatic heterocycles. The molecule has 55 valence electrons. The maximum atomic E-state index is 4.20. The Balaban J connectivity index is 2.67. The summed E-state index contributed by atoms with van der Waals surface area (Å²) in [6.07, 6.45) is 7.24. The van der Waals surface area contributed by atoms with Crippen LogP contribution in [0.15, 0.2) is 18.6 Å². The average Bonchev–Trinajstić information content (AvgIpc) is 2.50. The van der Waals surface area contributed by atoms with E-state index in [0.29, 0.717) is 0 Å². The molecular formula is C8H8N3. The van der Waals surface area contributed by atoms with Crippen molar-refractivity contribution < 1.29 is 0 Å². The first-order valence-electron chi connectivity index (χ1n) is 3.60. The maximum absolute atomic E-state index is 4.20. The average molecular weight is 146 g/mol. The van der Waals surface area contributed by atoms with Gasteiger partial charge in [0.1, 0.15) is 18.2 Å². The molecule has 2 aromatic heterocycles. The molecule has 0 spiro atoms. The van der Waals surface area contributed by atoms with Gasteiger partial charge in [-0.2, -0.15) is 0 Å². The third kappa shape index (κ3) is 0.981. The largest absolute Gasteiger partial charge is 0.290 e. The second-order valence-electron chi connectivity index (χ2n) is 2.37. The normalized spacial score (nSPS) is 10.6. The number of fused-ring (bicyclic) bond motifs is 1. The fourth-order valence-electron chi connectivity index (χ4n) is 0.996. The lowest BCUT2D eigenvalue weighted by Crippen LogP contribution is -1.90. The van der Waals surface area contributed by atoms with Crippen LogP contribution in [-0.4, -0.2) is 14.4 Å². The van der Waals surface area contributed by atoms with Crippen LogP contribution < -0.4 is 0 Å². The summed E-state index contributed by atoms with van der Waals surface area (Å²) in [5.41, 5.74) is 1.98. The Hall–Kier alpha value is -1.38. The van der Waals surface area contributed by atoms with E-state index in [1.165, 1.54) is 0 Å². The van der Waals surface area contributed by atoms with Gasteiger partial charge in [-0.15, -0.1) is 0 Å². The number of nitrogens with zero attached hydrogens (tertiary/aromatic N) is 3. The molecule has 2 aromatic rings. The van der Waals surface area contributed by atoms with Gasteiger partial charge in [-0.05, 0) is 6.42 Å². The van der Waals surface area contributed by atoms with Crippen LogP contribution >= 0.6 is 0 Å². The minimum absolute atomic E-state index is 0.914. The van der Waals surface area contributed by atoms with Crippen molar-refractivity contribution >= 4 is 5.65 Å². The Morgan fingerprint density at radius 3 is 3.36 bits per heavy atom. The van der Waals surface area contributed by atoms with Gasteiger partial charge in [0.15, 0.2) is 0 Å². The fourth-order valence-corrected chi connectivity index (χ4v) is 0.996. The van der Waals surface area contributed by atoms with Crippen LogP contribution in [0.3, 0.4) is 0 Å². The highest BCUT2D eigenvalue weighted by Crippen LogP contribution is 2.01. The minimum atomic E-state index is 0.914. The van der Waals surface area contributed by atoms with Gasteiger partial charge < -0.3 is 0 Å². The molecule has 3 nitrogen and oxygen atoms in total. The molecule has 2 rings (SSSR count). The number of hydrogen-bond donors (Lipinski definition) is 0. The Morgan fingerprint density at radius 2 is 2.55 bits per heavy atom. The monoisotopic (exact) mass is 146 g/mol. The van der Waals surface area contributed by atoms with E-state index in [1.54, 1.807) is 12.5 Å². The zero-order valence-corrected chi connectivity index (χ0v) is 6.28. The number of aromatic nitrogens is 3. The van der Waals surface area contributed by atoms with Gasteiger partial charge in [0.05, 0.1) is 0 Å². The molecule has 0 atom stereocenters. The van der Waals surface area contributed by atoms with Gasteiger partial charge in [0.25, 0.3) is 0 Å². The van der Waals surface area contributed by atoms with E-state index in [1.807, 2.05) is 10.5 Å². The quantitative estimate of drug-likeness (QED) is 0.603. The molecule has 0 aliphatic rings. The van der Waals surface area contributed by atoms with Crippen molar-refractivity contribution in [2.75, 3.05) is 0 Å². The second-order valence-corrected chi connectivity index (χ2v) is 2.37. The van der Waals surface area contributed by atoms with Crippen LogP contribution in [0.25, 0.3) is 5.65 Å². The molecule has 0 bridgehead atoms. The van der Waals surface area contributed by atoms with E-state index in [4.69, 9.17) is 0 Å². The smallest absolute Gasteiger partial charge is 0.140 e. The van der Waals surface area contributed by atoms with Crippen molar-refractivity contribution in [3.8, 4) is 0 Å². The minimum Gasteiger partial charge on any atom is -0.290 e. The first-order valence-corrected chi connectivity index (χ1v) is 3.60. The van der Waals surface area contributed by atoms with Crippen molar-refractivity contribution in [2.24, 2.45) is 0 Å². The summed E-state index contributed by atoms with van der Waals surface area (Å²) in [5, 5.41) is 0. The number of hydrogen-bond acceptors (Lipinski definition) is 2. The van der Waals surface area contributed by atoms with Gasteiger partial charge in [-0.3, -0.25) is 4.40 Å². The highest BCUT2D eigenvalue weighted by Gasteiger charge is 1.94. The Bertz CT molecular complexity index is 364. The van der Waals surface area contributed by atoms with E-state index in [-0.39, 0.29) is 0 Å². The summed E-state index contributed by atoms with van der Waals surface area (Å²) in [5.74, 6) is 0. The number of rotatable bonds is 1. The van der Waals surface area contributed by atoms with Crippen LogP contribution in [-0.2, 0) is 6.42 Å². The second kappa shape index (κ2) is 2.34. The zero-order chi connectivity index (χ0) is 7.68. The topological polar surface area (TPSA) is 30.2 Å². The van der Waals surface area contributed by atoms with Crippen molar-refractivity contribution in [3.63, 3.8) is 0 Å². The first-order chi connectivity index (χ1) is 5.40. The molecule has 11 heavy (non-hydrogen) atoms. The lowest BCUT2D eigenvalue weighted by atomic mass is 10.3. The van der Waals surface area contributed by atoms with Crippen LogP contribution in [0.4, 0.5) is 0 Å². The SMILES string of the molecule is CCc1cc2n[c]cn2cn1. The van der Waals surface area contributed by atoms with Gasteiger partial charge >= 0.3 is 0 Å². The zero-order valence-electron chi connectivity index (χ0n) is 6.28. The van der Waals surface area contributed by atoms with E-state index >= 15 is 0 Å². The van der Waals surface area contributed by atoms with Crippen LogP contribution in [0.5, 0.6) is 0 Å². The Morgan fingerprint density at radius 1 is 1.64 bits per heavy atom. The molecule has 1 radical (unpaired) electrons. The third-order valence-electron chi connectivity index (χ3n) is 1.65. The van der Waals surface area contributed by atoms with Crippen molar-refractivity contribution in [3.05, 3.63) is 30.5 Å². The van der Waals surface area contributed by atoms with Crippen molar-refractivity contribution in [1.82, 2.24) is 14.4 Å². The van der Waals surface area contributed by atoms with Gasteiger partial charge in [0, 0.05) is 18.0 Å². The molecule has 0 unspecified atom stereocenters. The summed E-state index contributed by atoms with van der Waals surface area (Å²) in [6, 6.07) is 1.97. The molecule has 0 aromatic carbocycles. The lowest BCUT2D eigenvalue weighted by Gasteiger charge is -1.95. The summed E-state index contributed by atoms with van der Waals surface area (Å²) >= 11 is 0. The number of aryl methyl sites for hydroxylation is 1. The van der Waals surface area contributed by atoms with Gasteiger partial charge in [0.2, 0.25) is 0 Å². The van der Waals surface area contributed by atoms with E-state index in [9.17, 15) is 0 Å². The van der Waals surface area contributed by atoms with E-state index < -0.39 is 0 Å². The maximum Gasteiger partial charge on any atom is 0.140 e. The predicted octanol–water partition coefficient (Wildman–Crippen LogP) is 1.09. The number of imidazole rings is 1. The predicted molar refractivity (Wildman–Crippen MR) is 41.2 cm³/mol. The molecule has 0 aliphatic carbocycles. The standard InChI is InChI=1S/C8H8N3/c1-2-7-5-8-9-3-4-11(8)6-10-7/h4-6H,2H2,1H3. The molecule has 0 saturated heterocycles. The van der Waals surface area contributed by atoms with Crippen molar-refractivity contribution in [1.29, 1.82) is 0 Å². The molecule has 2 heterocycles. The van der Waals surface area contributed by atoms with Crippen LogP contribution in [0, 0.1) is 6.20 Å². The highest BCUT2D eigenvalue weighted by molar-refractivity contribution is 5.37. The molecular weight excluding hydrogens is 138 g/mol. The van der Waals surface area contributed by atoms with Crippen LogP contribution in [0.2, 0.25) is 0 Å². The highest BCUT2D eigenvalue weighted by atomic mass is 15.0. The molecule has 0 fully saturated rings. The fraction of sp³-hybridized carbons (Fsp3) is 0.250. The lowest BCUT2D eigenvalue weighted by molar-refractivity contribution is 0.977. The molecule has 0 saturated carbocycles. The summed E-state index contributed by atoms with van der Waals surface area (Å²) < 4.78 is 1.85. The van der Waals surface area contributed by atoms with Gasteiger partial charge in [-0.1, -0.05) is 6.92 Å². The summed E-state index contributed by atoms with van der Waals surface area (Å²) in [7, 11) is 0. The first kappa shape index (κ1) is 6.34. The Labute approximate surface area is 64.7 Å². The van der Waals surface area contributed by atoms with Crippen molar-refractivity contribution in [2.45, 2.75) is 13.3 Å². The third-order valence-corrected chi connectivity index (χ3v) is 1.65. The Kier molecular flexibility index (Phi) is 1.35. The van der Waals surface area contributed by atoms with Crippen LogP contribution in [0.1, 0.15) is 12.6 Å².